The molecule has 96 valence electrons. The van der Waals surface area contributed by atoms with Crippen molar-refractivity contribution in [2.75, 3.05) is 13.7 Å². The van der Waals surface area contributed by atoms with Crippen LogP contribution in [0, 0.1) is 11.3 Å². The van der Waals surface area contributed by atoms with Gasteiger partial charge in [-0.25, -0.2) is 0 Å². The largest absolute Gasteiger partial charge is 0.389 e. The van der Waals surface area contributed by atoms with Crippen molar-refractivity contribution < 1.29 is 9.84 Å². The molecule has 1 fully saturated rings. The summed E-state index contributed by atoms with van der Waals surface area (Å²) in [7, 11) is 1.77. The van der Waals surface area contributed by atoms with Crippen LogP contribution in [0.2, 0.25) is 0 Å². The predicted molar refractivity (Wildman–Crippen MR) is 66.4 cm³/mol. The summed E-state index contributed by atoms with van der Waals surface area (Å²) < 4.78 is 5.41. The van der Waals surface area contributed by atoms with Crippen LogP contribution in [0.1, 0.15) is 41.0 Å². The normalized spacial score (nSPS) is 32.2. The Labute approximate surface area is 99.6 Å². The van der Waals surface area contributed by atoms with Crippen LogP contribution >= 0.6 is 0 Å². The molecule has 2 N–H and O–H groups in total. The lowest BCUT2D eigenvalue weighted by Crippen LogP contribution is -2.62. The molecule has 0 saturated heterocycles. The Hall–Kier alpha value is -0.120. The quantitative estimate of drug-likeness (QED) is 0.755. The lowest BCUT2D eigenvalue weighted by atomic mass is 9.64. The molecule has 0 aliphatic heterocycles. The predicted octanol–water partition coefficient (Wildman–Crippen LogP) is 1.80. The average Bonchev–Trinajstić information content (AvgIpc) is 2.16. The summed E-state index contributed by atoms with van der Waals surface area (Å²) in [4.78, 5) is 0. The zero-order chi connectivity index (χ0) is 12.6. The minimum atomic E-state index is -0.631. The molecule has 0 bridgehead atoms. The first-order chi connectivity index (χ1) is 7.21. The fourth-order valence-corrected chi connectivity index (χ4v) is 2.17. The van der Waals surface area contributed by atoms with E-state index in [-0.39, 0.29) is 11.3 Å². The van der Waals surface area contributed by atoms with Gasteiger partial charge in [0.05, 0.1) is 11.7 Å². The van der Waals surface area contributed by atoms with Crippen LogP contribution in [0.4, 0.5) is 0 Å². The van der Waals surface area contributed by atoms with Gasteiger partial charge < -0.3 is 15.2 Å². The smallest absolute Gasteiger partial charge is 0.0766 e. The van der Waals surface area contributed by atoms with E-state index in [4.69, 9.17) is 4.74 Å². The van der Waals surface area contributed by atoms with Crippen LogP contribution in [-0.4, -0.2) is 36.5 Å². The van der Waals surface area contributed by atoms with Crippen LogP contribution in [0.25, 0.3) is 0 Å². The maximum Gasteiger partial charge on any atom is 0.0766 e. The maximum atomic E-state index is 10.2. The van der Waals surface area contributed by atoms with Crippen molar-refractivity contribution >= 4 is 0 Å². The summed E-state index contributed by atoms with van der Waals surface area (Å²) in [6.45, 7) is 11.1. The van der Waals surface area contributed by atoms with Gasteiger partial charge in [-0.3, -0.25) is 0 Å². The van der Waals surface area contributed by atoms with Crippen molar-refractivity contribution in [1.82, 2.24) is 5.32 Å². The molecule has 3 unspecified atom stereocenters. The van der Waals surface area contributed by atoms with Gasteiger partial charge in [0, 0.05) is 25.1 Å². The third-order valence-electron chi connectivity index (χ3n) is 4.41. The Bertz CT molecular complexity index is 236. The minimum Gasteiger partial charge on any atom is -0.389 e. The first-order valence-electron chi connectivity index (χ1n) is 6.20. The van der Waals surface area contributed by atoms with Gasteiger partial charge in [0.1, 0.15) is 0 Å². The molecule has 3 heteroatoms. The van der Waals surface area contributed by atoms with Gasteiger partial charge in [-0.15, -0.1) is 0 Å². The number of methoxy groups -OCH3 is 1. The second-order valence-electron chi connectivity index (χ2n) is 6.23. The molecule has 0 spiro atoms. The molecule has 1 saturated carbocycles. The monoisotopic (exact) mass is 229 g/mol. The Morgan fingerprint density at radius 1 is 1.50 bits per heavy atom. The number of nitrogens with one attached hydrogen (secondary N) is 1. The van der Waals surface area contributed by atoms with Crippen LogP contribution < -0.4 is 5.32 Å². The third-order valence-corrected chi connectivity index (χ3v) is 4.41. The minimum absolute atomic E-state index is 0.168. The highest BCUT2D eigenvalue weighted by Gasteiger charge is 2.48. The Kier molecular flexibility index (Phi) is 4.04. The standard InChI is InChI=1S/C13H27NO2/c1-9(2)13(5,15)8-14-10-7-11(16-6)12(10,3)4/h9-11,14-15H,7-8H2,1-6H3. The molecule has 0 aromatic carbocycles. The third kappa shape index (κ3) is 2.58. The number of hydrogen-bond acceptors (Lipinski definition) is 3. The molecule has 1 aliphatic carbocycles. The second kappa shape index (κ2) is 4.63. The highest BCUT2D eigenvalue weighted by Crippen LogP contribution is 2.42. The summed E-state index contributed by atoms with van der Waals surface area (Å²) in [6.07, 6.45) is 1.38. The van der Waals surface area contributed by atoms with Crippen LogP contribution in [0.15, 0.2) is 0 Å². The lowest BCUT2D eigenvalue weighted by Gasteiger charge is -2.52. The molecular weight excluding hydrogens is 202 g/mol. The van der Waals surface area contributed by atoms with Crippen molar-refractivity contribution in [2.45, 2.75) is 58.8 Å². The zero-order valence-corrected chi connectivity index (χ0v) is 11.5. The Morgan fingerprint density at radius 2 is 2.06 bits per heavy atom. The summed E-state index contributed by atoms with van der Waals surface area (Å²) >= 11 is 0. The second-order valence-corrected chi connectivity index (χ2v) is 6.23. The van der Waals surface area contributed by atoms with E-state index >= 15 is 0 Å². The van der Waals surface area contributed by atoms with Crippen LogP contribution in [-0.2, 0) is 4.74 Å². The summed E-state index contributed by atoms with van der Waals surface area (Å²) in [6, 6.07) is 0.447. The van der Waals surface area contributed by atoms with E-state index < -0.39 is 5.60 Å². The molecule has 1 rings (SSSR count). The van der Waals surface area contributed by atoms with E-state index in [0.717, 1.165) is 6.42 Å². The maximum absolute atomic E-state index is 10.2. The fourth-order valence-electron chi connectivity index (χ4n) is 2.17. The Balaban J connectivity index is 2.42. The van der Waals surface area contributed by atoms with E-state index in [1.165, 1.54) is 0 Å². The number of hydrogen-bond donors (Lipinski definition) is 2. The van der Waals surface area contributed by atoms with E-state index in [1.54, 1.807) is 7.11 Å². The van der Waals surface area contributed by atoms with E-state index in [9.17, 15) is 5.11 Å². The van der Waals surface area contributed by atoms with Crippen molar-refractivity contribution in [3.63, 3.8) is 0 Å². The SMILES string of the molecule is COC1CC(NCC(C)(O)C(C)C)C1(C)C. The van der Waals surface area contributed by atoms with Gasteiger partial charge >= 0.3 is 0 Å². The first kappa shape index (κ1) is 13.9. The van der Waals surface area contributed by atoms with Crippen molar-refractivity contribution in [3.05, 3.63) is 0 Å². The van der Waals surface area contributed by atoms with Gasteiger partial charge in [0.15, 0.2) is 0 Å². The van der Waals surface area contributed by atoms with Gasteiger partial charge in [-0.1, -0.05) is 27.7 Å². The van der Waals surface area contributed by atoms with E-state index in [2.05, 4.69) is 19.2 Å². The molecule has 16 heavy (non-hydrogen) atoms. The van der Waals surface area contributed by atoms with Crippen LogP contribution in [0.5, 0.6) is 0 Å². The lowest BCUT2D eigenvalue weighted by molar-refractivity contribution is -0.104. The Morgan fingerprint density at radius 3 is 2.44 bits per heavy atom. The molecule has 0 aromatic rings. The van der Waals surface area contributed by atoms with Crippen molar-refractivity contribution in [2.24, 2.45) is 11.3 Å². The van der Waals surface area contributed by atoms with Crippen molar-refractivity contribution in [1.29, 1.82) is 0 Å². The molecule has 3 atom stereocenters. The van der Waals surface area contributed by atoms with Gasteiger partial charge in [0.25, 0.3) is 0 Å². The molecule has 0 amide bonds. The van der Waals surface area contributed by atoms with E-state index in [1.807, 2.05) is 20.8 Å². The fraction of sp³-hybridized carbons (Fsp3) is 1.00. The number of ether oxygens (including phenoxy) is 1. The van der Waals surface area contributed by atoms with Gasteiger partial charge in [0.2, 0.25) is 0 Å². The van der Waals surface area contributed by atoms with Crippen LogP contribution in [0.3, 0.4) is 0 Å². The summed E-state index contributed by atoms with van der Waals surface area (Å²) in [5, 5.41) is 13.6. The molecule has 0 radical (unpaired) electrons. The molecule has 3 nitrogen and oxygen atoms in total. The molecule has 0 aromatic heterocycles. The molecule has 0 heterocycles. The highest BCUT2D eigenvalue weighted by molar-refractivity contribution is 5.03. The van der Waals surface area contributed by atoms with Crippen molar-refractivity contribution in [3.8, 4) is 0 Å². The first-order valence-corrected chi connectivity index (χ1v) is 6.20. The number of aliphatic hydroxyl groups is 1. The number of rotatable bonds is 5. The van der Waals surface area contributed by atoms with E-state index in [0.29, 0.717) is 18.7 Å². The summed E-state index contributed by atoms with van der Waals surface area (Å²) in [5.74, 6) is 0.265. The average molecular weight is 229 g/mol. The van der Waals surface area contributed by atoms with Gasteiger partial charge in [-0.2, -0.15) is 0 Å². The molecule has 1 aliphatic rings. The topological polar surface area (TPSA) is 41.5 Å². The summed E-state index contributed by atoms with van der Waals surface area (Å²) in [5.41, 5.74) is -0.462. The highest BCUT2D eigenvalue weighted by atomic mass is 16.5. The molecular formula is C13H27NO2. The van der Waals surface area contributed by atoms with Gasteiger partial charge in [-0.05, 0) is 19.3 Å². The zero-order valence-electron chi connectivity index (χ0n) is 11.5.